The lowest BCUT2D eigenvalue weighted by Gasteiger charge is -2.14. The first kappa shape index (κ1) is 74.4. The van der Waals surface area contributed by atoms with E-state index in [-0.39, 0.29) is 122 Å². The van der Waals surface area contributed by atoms with Gasteiger partial charge in [0, 0.05) is 38.9 Å². The topological polar surface area (TPSA) is 318 Å². The minimum atomic E-state index is -1.20. The molecule has 0 spiro atoms. The second kappa shape index (κ2) is 62.4. The molecule has 4 amide bonds. The molecule has 404 valence electrons. The molecule has 21 nitrogen and oxygen atoms in total. The van der Waals surface area contributed by atoms with E-state index in [9.17, 15) is 38.7 Å². The number of carboxylic acids is 3. The van der Waals surface area contributed by atoms with Gasteiger partial charge in [0.2, 0.25) is 23.6 Å². The maximum absolute atomic E-state index is 12.2. The molecule has 0 radical (unpaired) electrons. The zero-order valence-electron chi connectivity index (χ0n) is 41.4. The predicted octanol–water partition coefficient (Wildman–Crippen LogP) is 5.14. The van der Waals surface area contributed by atoms with E-state index >= 15 is 0 Å². The molecule has 0 saturated heterocycles. The summed E-state index contributed by atoms with van der Waals surface area (Å²) in [5.41, 5.74) is 1.72. The fourth-order valence-electron chi connectivity index (χ4n) is 5.21. The Morgan fingerprint density at radius 3 is 1.28 bits per heavy atom. The lowest BCUT2D eigenvalue weighted by atomic mass is 10.0. The molecule has 0 fully saturated rings. The summed E-state index contributed by atoms with van der Waals surface area (Å²) in [7, 11) is 3.55. The molecule has 0 aliphatic rings. The van der Waals surface area contributed by atoms with Gasteiger partial charge in [0.1, 0.15) is 25.3 Å². The average Bonchev–Trinajstić information content (AvgIpc) is 3.32. The molecule has 0 saturated carbocycles. The van der Waals surface area contributed by atoms with Crippen molar-refractivity contribution in [2.45, 2.75) is 135 Å². The number of unbranched alkanes of at least 4 members (excludes halogenated alkanes) is 10. The van der Waals surface area contributed by atoms with Gasteiger partial charge in [0.25, 0.3) is 0 Å². The normalized spacial score (nSPS) is 11.0. The first-order chi connectivity index (χ1) is 32.8. The molecule has 0 aliphatic heterocycles. The third-order valence-corrected chi connectivity index (χ3v) is 9.88. The van der Waals surface area contributed by atoms with Crippen LogP contribution in [0.1, 0.15) is 123 Å². The SMILES string of the molecule is CC.CSC.CSSC.O=C(O)CCCCCCCCCCCCC(=O)NC(CCC(=O)NCCOCCOCC(=O)NCCOCCOCC(=O)NCCCCC(NO)C(=O)O)C(=O)O.OS. The molecule has 2 unspecified atom stereocenters. The molecular weight excluding hydrogens is 971 g/mol. The van der Waals surface area contributed by atoms with Crippen LogP contribution in [0.4, 0.5) is 0 Å². The highest BCUT2D eigenvalue weighted by molar-refractivity contribution is 8.76. The van der Waals surface area contributed by atoms with E-state index in [0.717, 1.165) is 57.8 Å². The van der Waals surface area contributed by atoms with Gasteiger partial charge in [0.05, 0.1) is 39.6 Å². The minimum absolute atomic E-state index is 0.0457. The smallest absolute Gasteiger partial charge is 0.326 e. The number of thiol groups is 1. The van der Waals surface area contributed by atoms with E-state index in [4.69, 9.17) is 38.9 Å². The Morgan fingerprint density at radius 1 is 0.471 bits per heavy atom. The molecule has 0 aromatic heterocycles. The lowest BCUT2D eigenvalue weighted by molar-refractivity contribution is -0.143. The van der Waals surface area contributed by atoms with Gasteiger partial charge in [-0.2, -0.15) is 17.2 Å². The number of ether oxygens (including phenoxy) is 4. The van der Waals surface area contributed by atoms with Crippen molar-refractivity contribution >= 4 is 87.8 Å². The van der Waals surface area contributed by atoms with Crippen LogP contribution in [0.3, 0.4) is 0 Å². The summed E-state index contributed by atoms with van der Waals surface area (Å²) in [6.07, 6.45) is 19.4. The van der Waals surface area contributed by atoms with Gasteiger partial charge in [-0.1, -0.05) is 86.8 Å². The van der Waals surface area contributed by atoms with Crippen LogP contribution in [0.25, 0.3) is 0 Å². The number of hydrogen-bond acceptors (Lipinski definition) is 18. The zero-order valence-corrected chi connectivity index (χ0v) is 44.7. The summed E-state index contributed by atoms with van der Waals surface area (Å²) < 4.78 is 27.9. The average molecular weight is 1060 g/mol. The van der Waals surface area contributed by atoms with Crippen molar-refractivity contribution in [3.63, 3.8) is 0 Å². The number of amides is 4. The second-order valence-electron chi connectivity index (χ2n) is 14.1. The Kier molecular flexibility index (Phi) is 68.3. The third-order valence-electron chi connectivity index (χ3n) is 8.55. The first-order valence-electron chi connectivity index (χ1n) is 22.9. The maximum atomic E-state index is 12.2. The summed E-state index contributed by atoms with van der Waals surface area (Å²) in [5.74, 6) is -4.50. The van der Waals surface area contributed by atoms with E-state index in [1.165, 1.54) is 0 Å². The van der Waals surface area contributed by atoms with Crippen molar-refractivity contribution in [2.24, 2.45) is 0 Å². The Morgan fingerprint density at radius 2 is 0.868 bits per heavy atom. The van der Waals surface area contributed by atoms with Gasteiger partial charge >= 0.3 is 17.9 Å². The number of carbonyl (C=O) groups is 7. The van der Waals surface area contributed by atoms with E-state index in [1.54, 1.807) is 38.8 Å². The third kappa shape index (κ3) is 63.4. The van der Waals surface area contributed by atoms with E-state index in [2.05, 4.69) is 46.7 Å². The lowest BCUT2D eigenvalue weighted by Crippen LogP contribution is -2.41. The fourth-order valence-corrected chi connectivity index (χ4v) is 5.21. The summed E-state index contributed by atoms with van der Waals surface area (Å²) in [6.45, 7) is 5.58. The molecule has 2 atom stereocenters. The highest BCUT2D eigenvalue weighted by atomic mass is 33.1. The van der Waals surface area contributed by atoms with E-state index < -0.39 is 30.0 Å². The van der Waals surface area contributed by atoms with Crippen molar-refractivity contribution in [1.29, 1.82) is 0 Å². The standard InChI is InChI=1S/C37H67N5O15.C2H6S2.C2H6S.C2H6.H2OS/c43-31(17-16-29(36(49)50)41-32(44)14-9-7-5-3-1-2-4-6-8-10-15-35(47)48)39-19-21-54-23-26-57-28-34(46)40-20-22-55-24-25-56-27-33(45)38-18-12-11-13-30(42-53)37(51)52;1-3-4-2;1-3-2;2*1-2/h29-30,42,53H,1-28H2,(H,38,45)(H,39,43)(H,40,46)(H,41,44)(H,47,48)(H,49,50)(H,51,52);1-2H3;1-2H3;1-2H3;1-2H. The van der Waals surface area contributed by atoms with Crippen molar-refractivity contribution < 1.29 is 77.6 Å². The van der Waals surface area contributed by atoms with Gasteiger partial charge in [-0.15, -0.1) is 0 Å². The predicted molar refractivity (Wildman–Crippen MR) is 274 cm³/mol. The van der Waals surface area contributed by atoms with Crippen molar-refractivity contribution in [1.82, 2.24) is 26.7 Å². The molecule has 10 N–H and O–H groups in total. The molecule has 25 heteroatoms. The molecule has 68 heavy (non-hydrogen) atoms. The fraction of sp³-hybridized carbons (Fsp3) is 0.837. The Balaban J connectivity index is -0.00000109. The van der Waals surface area contributed by atoms with Crippen LogP contribution in [0, 0.1) is 0 Å². The van der Waals surface area contributed by atoms with Crippen LogP contribution >= 0.6 is 46.3 Å². The van der Waals surface area contributed by atoms with Gasteiger partial charge in [0.15, 0.2) is 0 Å². The van der Waals surface area contributed by atoms with Gasteiger partial charge in [-0.25, -0.2) is 4.79 Å². The molecular formula is C43H87N5O16S4. The molecule has 0 aliphatic carbocycles. The zero-order chi connectivity index (χ0) is 52.5. The molecule has 0 bridgehead atoms. The first-order valence-corrected chi connectivity index (χ1v) is 27.9. The largest absolute Gasteiger partial charge is 0.481 e. The number of thioether (sulfide) groups is 1. The number of nitrogens with one attached hydrogen (secondary N) is 5. The molecule has 0 aromatic rings. The highest BCUT2D eigenvalue weighted by Gasteiger charge is 2.21. The quantitative estimate of drug-likeness (QED) is 0.0124. The van der Waals surface area contributed by atoms with Crippen LogP contribution < -0.4 is 26.7 Å². The van der Waals surface area contributed by atoms with E-state index in [0.29, 0.717) is 25.8 Å². The van der Waals surface area contributed by atoms with Crippen LogP contribution in [-0.4, -0.2) is 176 Å². The number of hydrogen-bond donors (Lipinski definition) is 11. The number of carboxylic acid groups (broad SMARTS) is 3. The van der Waals surface area contributed by atoms with Gasteiger partial charge in [-0.05, 0) is 76.5 Å². The monoisotopic (exact) mass is 1060 g/mol. The highest BCUT2D eigenvalue weighted by Crippen LogP contribution is 2.12. The van der Waals surface area contributed by atoms with Crippen molar-refractivity contribution in [2.75, 3.05) is 97.5 Å². The Bertz CT molecular complexity index is 1200. The van der Waals surface area contributed by atoms with E-state index in [1.807, 2.05) is 26.4 Å². The Hall–Kier alpha value is -2.59. The molecule has 0 heterocycles. The second-order valence-corrected chi connectivity index (χ2v) is 17.5. The number of hydroxylamine groups is 1. The number of rotatable bonds is 42. The maximum Gasteiger partial charge on any atom is 0.326 e. The number of aliphatic carboxylic acids is 3. The summed E-state index contributed by atoms with van der Waals surface area (Å²) in [4.78, 5) is 80.9. The van der Waals surface area contributed by atoms with Crippen molar-refractivity contribution in [3.05, 3.63) is 0 Å². The summed E-state index contributed by atoms with van der Waals surface area (Å²) in [6, 6.07) is -2.20. The van der Waals surface area contributed by atoms with Crippen LogP contribution in [0.5, 0.6) is 0 Å². The molecule has 0 rings (SSSR count). The van der Waals surface area contributed by atoms with Crippen LogP contribution in [-0.2, 0) is 52.5 Å². The number of carbonyl (C=O) groups excluding carboxylic acids is 4. The minimum Gasteiger partial charge on any atom is -0.481 e. The Labute approximate surface area is 422 Å². The van der Waals surface area contributed by atoms with Gasteiger partial charge in [-0.3, -0.25) is 28.8 Å². The summed E-state index contributed by atoms with van der Waals surface area (Å²) in [5, 5.41) is 46.0. The van der Waals surface area contributed by atoms with Gasteiger partial charge < -0.3 is 65.3 Å². The summed E-state index contributed by atoms with van der Waals surface area (Å²) >= 11 is 4.28. The van der Waals surface area contributed by atoms with Crippen molar-refractivity contribution in [3.8, 4) is 0 Å². The van der Waals surface area contributed by atoms with Crippen LogP contribution in [0.2, 0.25) is 0 Å². The molecule has 0 aromatic carbocycles. The van der Waals surface area contributed by atoms with Crippen LogP contribution in [0.15, 0.2) is 0 Å².